The normalized spacial score (nSPS) is 13.6. The summed E-state index contributed by atoms with van der Waals surface area (Å²) in [6.07, 6.45) is 2.46. The second kappa shape index (κ2) is 8.43. The molecular formula is C24H23N5OS. The van der Waals surface area contributed by atoms with Crippen molar-refractivity contribution in [3.05, 3.63) is 65.2 Å². The van der Waals surface area contributed by atoms with Gasteiger partial charge in [-0.05, 0) is 38.0 Å². The fourth-order valence-electron chi connectivity index (χ4n) is 3.86. The fraction of sp³-hybridized carbons (Fsp3) is 0.250. The lowest BCUT2D eigenvalue weighted by Crippen LogP contribution is -2.24. The van der Waals surface area contributed by atoms with Gasteiger partial charge in [-0.2, -0.15) is 0 Å². The Morgan fingerprint density at radius 3 is 2.58 bits per heavy atom. The van der Waals surface area contributed by atoms with Crippen molar-refractivity contribution in [1.29, 1.82) is 0 Å². The summed E-state index contributed by atoms with van der Waals surface area (Å²) in [4.78, 5) is 29.2. The van der Waals surface area contributed by atoms with Gasteiger partial charge in [0.05, 0.1) is 23.1 Å². The lowest BCUT2D eigenvalue weighted by molar-refractivity contribution is -0.115. The number of benzene rings is 2. The number of hydrogen-bond acceptors (Lipinski definition) is 6. The van der Waals surface area contributed by atoms with E-state index >= 15 is 0 Å². The van der Waals surface area contributed by atoms with Crippen LogP contribution in [0.3, 0.4) is 0 Å². The zero-order chi connectivity index (χ0) is 21.2. The number of aryl methyl sites for hydroxylation is 1. The first kappa shape index (κ1) is 19.6. The number of nitrogens with zero attached hydrogens (tertiary/aromatic N) is 4. The molecule has 0 aliphatic carbocycles. The van der Waals surface area contributed by atoms with Crippen molar-refractivity contribution in [3.8, 4) is 10.6 Å². The number of para-hydroxylation sites is 2. The van der Waals surface area contributed by atoms with Gasteiger partial charge >= 0.3 is 0 Å². The predicted molar refractivity (Wildman–Crippen MR) is 126 cm³/mol. The fourth-order valence-corrected chi connectivity index (χ4v) is 4.68. The van der Waals surface area contributed by atoms with Crippen LogP contribution in [0.15, 0.2) is 53.9 Å². The number of nitrogens with one attached hydrogen (secondary N) is 1. The SMILES string of the molecule is Cc1cccc(-c2nc(CC(=O)Nc3nc4ccccc4nc3N3CCCC3)cs2)c1. The molecule has 1 N–H and O–H groups in total. The zero-order valence-corrected chi connectivity index (χ0v) is 18.2. The van der Waals surface area contributed by atoms with Crippen LogP contribution in [0.4, 0.5) is 11.6 Å². The minimum atomic E-state index is -0.133. The Hall–Kier alpha value is -3.32. The number of rotatable bonds is 5. The van der Waals surface area contributed by atoms with E-state index in [-0.39, 0.29) is 12.3 Å². The van der Waals surface area contributed by atoms with Crippen LogP contribution in [-0.2, 0) is 11.2 Å². The van der Waals surface area contributed by atoms with Crippen molar-refractivity contribution in [2.24, 2.45) is 0 Å². The van der Waals surface area contributed by atoms with Gasteiger partial charge in [0.1, 0.15) is 5.01 Å². The van der Waals surface area contributed by atoms with Gasteiger partial charge in [-0.3, -0.25) is 4.79 Å². The molecule has 7 heteroatoms. The molecule has 0 spiro atoms. The summed E-state index contributed by atoms with van der Waals surface area (Å²) in [6.45, 7) is 3.93. The standard InChI is InChI=1S/C24H23N5OS/c1-16-7-6-8-17(13-16)24-25-18(15-31-24)14-21(30)28-22-23(29-11-4-5-12-29)27-20-10-3-2-9-19(20)26-22/h2-3,6-10,13,15H,4-5,11-12,14H2,1H3,(H,26,28,30). The second-order valence-electron chi connectivity index (χ2n) is 7.82. The summed E-state index contributed by atoms with van der Waals surface area (Å²) in [5.41, 5.74) is 4.64. The first-order valence-corrected chi connectivity index (χ1v) is 11.4. The quantitative estimate of drug-likeness (QED) is 0.491. The van der Waals surface area contributed by atoms with Gasteiger partial charge in [-0.1, -0.05) is 35.9 Å². The van der Waals surface area contributed by atoms with Crippen LogP contribution in [0.25, 0.3) is 21.6 Å². The molecule has 1 aliphatic rings. The number of aromatic nitrogens is 3. The van der Waals surface area contributed by atoms with Crippen molar-refractivity contribution in [2.45, 2.75) is 26.2 Å². The van der Waals surface area contributed by atoms with E-state index in [0.717, 1.165) is 59.0 Å². The Labute approximate surface area is 185 Å². The molecule has 156 valence electrons. The molecule has 1 aliphatic heterocycles. The van der Waals surface area contributed by atoms with Crippen LogP contribution in [0, 0.1) is 6.92 Å². The predicted octanol–water partition coefficient (Wildman–Crippen LogP) is 4.84. The monoisotopic (exact) mass is 429 g/mol. The van der Waals surface area contributed by atoms with Crippen molar-refractivity contribution in [2.75, 3.05) is 23.3 Å². The molecule has 1 amide bonds. The smallest absolute Gasteiger partial charge is 0.231 e. The number of carbonyl (C=O) groups excluding carboxylic acids is 1. The molecule has 6 nitrogen and oxygen atoms in total. The van der Waals surface area contributed by atoms with Gasteiger partial charge in [0, 0.05) is 24.0 Å². The highest BCUT2D eigenvalue weighted by Crippen LogP contribution is 2.28. The first-order valence-electron chi connectivity index (χ1n) is 10.5. The number of anilines is 2. The Bertz CT molecular complexity index is 1250. The summed E-state index contributed by atoms with van der Waals surface area (Å²) in [7, 11) is 0. The maximum absolute atomic E-state index is 12.9. The molecule has 0 atom stereocenters. The first-order chi connectivity index (χ1) is 15.2. The van der Waals surface area contributed by atoms with Gasteiger partial charge in [0.25, 0.3) is 0 Å². The molecule has 2 aromatic carbocycles. The highest BCUT2D eigenvalue weighted by atomic mass is 32.1. The van der Waals surface area contributed by atoms with Gasteiger partial charge in [-0.25, -0.2) is 15.0 Å². The largest absolute Gasteiger partial charge is 0.354 e. The Morgan fingerprint density at radius 2 is 1.81 bits per heavy atom. The van der Waals surface area contributed by atoms with Crippen molar-refractivity contribution in [3.63, 3.8) is 0 Å². The molecular weight excluding hydrogens is 406 g/mol. The number of amides is 1. The number of fused-ring (bicyclic) bond motifs is 1. The van der Waals surface area contributed by atoms with E-state index in [1.54, 1.807) is 11.3 Å². The lowest BCUT2D eigenvalue weighted by atomic mass is 10.1. The van der Waals surface area contributed by atoms with Crippen LogP contribution < -0.4 is 10.2 Å². The van der Waals surface area contributed by atoms with Crippen molar-refractivity contribution in [1.82, 2.24) is 15.0 Å². The van der Waals surface area contributed by atoms with Gasteiger partial charge in [0.2, 0.25) is 5.91 Å². The summed E-state index contributed by atoms with van der Waals surface area (Å²) in [6, 6.07) is 16.0. The Kier molecular flexibility index (Phi) is 5.34. The average Bonchev–Trinajstić information content (AvgIpc) is 3.46. The summed E-state index contributed by atoms with van der Waals surface area (Å²) in [5, 5.41) is 5.87. The maximum Gasteiger partial charge on any atom is 0.231 e. The third-order valence-electron chi connectivity index (χ3n) is 5.37. The van der Waals surface area contributed by atoms with E-state index in [0.29, 0.717) is 5.82 Å². The molecule has 1 saturated heterocycles. The molecule has 0 unspecified atom stereocenters. The lowest BCUT2D eigenvalue weighted by Gasteiger charge is -2.20. The topological polar surface area (TPSA) is 71.0 Å². The van der Waals surface area contributed by atoms with Crippen molar-refractivity contribution >= 4 is 39.9 Å². The van der Waals surface area contributed by atoms with E-state index in [1.807, 2.05) is 41.8 Å². The van der Waals surface area contributed by atoms with E-state index in [2.05, 4.69) is 34.3 Å². The maximum atomic E-state index is 12.9. The van der Waals surface area contributed by atoms with Crippen LogP contribution >= 0.6 is 11.3 Å². The van der Waals surface area contributed by atoms with Crippen LogP contribution in [0.2, 0.25) is 0 Å². The molecule has 3 heterocycles. The van der Waals surface area contributed by atoms with Gasteiger partial charge < -0.3 is 10.2 Å². The van der Waals surface area contributed by atoms with E-state index in [4.69, 9.17) is 9.97 Å². The summed E-state index contributed by atoms with van der Waals surface area (Å²) >= 11 is 1.56. The Balaban J connectivity index is 1.37. The third-order valence-corrected chi connectivity index (χ3v) is 6.31. The van der Waals surface area contributed by atoms with Gasteiger partial charge in [-0.15, -0.1) is 11.3 Å². The molecule has 1 fully saturated rings. The highest BCUT2D eigenvalue weighted by Gasteiger charge is 2.21. The second-order valence-corrected chi connectivity index (χ2v) is 8.68. The summed E-state index contributed by atoms with van der Waals surface area (Å²) in [5.74, 6) is 1.15. The van der Waals surface area contributed by atoms with Crippen LogP contribution in [-0.4, -0.2) is 33.9 Å². The third kappa shape index (κ3) is 4.27. The van der Waals surface area contributed by atoms with E-state index in [9.17, 15) is 4.79 Å². The molecule has 5 rings (SSSR count). The van der Waals surface area contributed by atoms with Crippen molar-refractivity contribution < 1.29 is 4.79 Å². The zero-order valence-electron chi connectivity index (χ0n) is 17.3. The number of hydrogen-bond donors (Lipinski definition) is 1. The van der Waals surface area contributed by atoms with Crippen LogP contribution in [0.5, 0.6) is 0 Å². The number of carbonyl (C=O) groups is 1. The average molecular weight is 430 g/mol. The highest BCUT2D eigenvalue weighted by molar-refractivity contribution is 7.13. The van der Waals surface area contributed by atoms with E-state index < -0.39 is 0 Å². The number of thiazole rings is 1. The summed E-state index contributed by atoms with van der Waals surface area (Å²) < 4.78 is 0. The molecule has 0 bridgehead atoms. The van der Waals surface area contributed by atoms with E-state index in [1.165, 1.54) is 5.56 Å². The molecule has 2 aromatic heterocycles. The minimum Gasteiger partial charge on any atom is -0.354 e. The molecule has 31 heavy (non-hydrogen) atoms. The van der Waals surface area contributed by atoms with Gasteiger partial charge in [0.15, 0.2) is 11.6 Å². The Morgan fingerprint density at radius 1 is 1.03 bits per heavy atom. The van der Waals surface area contributed by atoms with Crippen LogP contribution in [0.1, 0.15) is 24.1 Å². The molecule has 0 radical (unpaired) electrons. The molecule has 4 aromatic rings. The minimum absolute atomic E-state index is 0.133. The molecule has 0 saturated carbocycles.